The predicted molar refractivity (Wildman–Crippen MR) is 46.9 cm³/mol. The smallest absolute Gasteiger partial charge is 0.394 e. The number of terminal acetylenes is 1. The van der Waals surface area contributed by atoms with E-state index in [1.54, 1.807) is 5.92 Å². The first-order valence-electron chi connectivity index (χ1n) is 4.03. The van der Waals surface area contributed by atoms with Crippen molar-refractivity contribution in [2.45, 2.75) is 11.6 Å². The van der Waals surface area contributed by atoms with Crippen molar-refractivity contribution < 1.29 is 18.3 Å². The molecule has 0 spiro atoms. The van der Waals surface area contributed by atoms with Crippen molar-refractivity contribution in [3.8, 4) is 12.3 Å². The highest BCUT2D eigenvalue weighted by Gasteiger charge is 2.56. The molecule has 0 aliphatic carbocycles. The molecule has 0 aliphatic rings. The summed E-state index contributed by atoms with van der Waals surface area (Å²) in [5.41, 5.74) is -3.09. The summed E-state index contributed by atoms with van der Waals surface area (Å²) < 4.78 is 39.4. The van der Waals surface area contributed by atoms with Gasteiger partial charge in [-0.15, -0.1) is 6.42 Å². The third kappa shape index (κ3) is 1.70. The number of aromatic nitrogens is 2. The third-order valence-corrected chi connectivity index (χ3v) is 2.12. The predicted octanol–water partition coefficient (Wildman–Crippen LogP) is 0.846. The molecule has 0 fully saturated rings. The molecule has 1 rings (SSSR count). The third-order valence-electron chi connectivity index (χ3n) is 2.12. The van der Waals surface area contributed by atoms with Crippen molar-refractivity contribution in [2.75, 3.05) is 6.61 Å². The van der Waals surface area contributed by atoms with Gasteiger partial charge in [0.05, 0.1) is 12.3 Å². The van der Waals surface area contributed by atoms with Crippen LogP contribution in [0, 0.1) is 12.3 Å². The average molecular weight is 218 g/mol. The molecule has 0 bridgehead atoms. The van der Waals surface area contributed by atoms with Crippen LogP contribution in [0.15, 0.2) is 12.3 Å². The molecule has 1 aromatic heterocycles. The standard InChI is InChI=1S/C9H9F3N2O/c1-3-8(6-15,9(10,11)12)7-4-5-14(2)13-7/h1,4-5,15H,6H2,2H3. The number of aryl methyl sites for hydroxylation is 1. The van der Waals surface area contributed by atoms with E-state index in [2.05, 4.69) is 5.10 Å². The van der Waals surface area contributed by atoms with Crippen molar-refractivity contribution in [1.82, 2.24) is 9.78 Å². The lowest BCUT2D eigenvalue weighted by atomic mass is 9.85. The van der Waals surface area contributed by atoms with Crippen LogP contribution in [0.2, 0.25) is 0 Å². The average Bonchev–Trinajstić information content (AvgIpc) is 2.53. The van der Waals surface area contributed by atoms with Gasteiger partial charge in [0.1, 0.15) is 0 Å². The van der Waals surface area contributed by atoms with Crippen molar-refractivity contribution >= 4 is 0 Å². The Morgan fingerprint density at radius 3 is 2.47 bits per heavy atom. The highest BCUT2D eigenvalue weighted by molar-refractivity contribution is 5.31. The Kier molecular flexibility index (Phi) is 2.77. The monoisotopic (exact) mass is 218 g/mol. The fraction of sp³-hybridized carbons (Fsp3) is 0.444. The second kappa shape index (κ2) is 3.59. The fourth-order valence-electron chi connectivity index (χ4n) is 1.16. The molecule has 0 radical (unpaired) electrons. The van der Waals surface area contributed by atoms with Crippen molar-refractivity contribution in [2.24, 2.45) is 7.05 Å². The minimum atomic E-state index is -4.73. The highest BCUT2D eigenvalue weighted by Crippen LogP contribution is 2.39. The second-order valence-electron chi connectivity index (χ2n) is 3.08. The molecule has 15 heavy (non-hydrogen) atoms. The lowest BCUT2D eigenvalue weighted by Gasteiger charge is -2.26. The van der Waals surface area contributed by atoms with Gasteiger partial charge < -0.3 is 5.11 Å². The second-order valence-corrected chi connectivity index (χ2v) is 3.08. The Balaban J connectivity index is 3.31. The van der Waals surface area contributed by atoms with E-state index in [0.717, 1.165) is 6.07 Å². The van der Waals surface area contributed by atoms with Gasteiger partial charge in [0.25, 0.3) is 0 Å². The normalized spacial score (nSPS) is 15.7. The summed E-state index contributed by atoms with van der Waals surface area (Å²) in [7, 11) is 1.47. The van der Waals surface area contributed by atoms with Gasteiger partial charge in [0, 0.05) is 13.2 Å². The van der Waals surface area contributed by atoms with Crippen LogP contribution in [0.4, 0.5) is 13.2 Å². The molecule has 1 atom stereocenters. The van der Waals surface area contributed by atoms with Gasteiger partial charge in [-0.1, -0.05) is 5.92 Å². The largest absolute Gasteiger partial charge is 0.412 e. The van der Waals surface area contributed by atoms with Crippen LogP contribution in [-0.4, -0.2) is 27.7 Å². The van der Waals surface area contributed by atoms with Crippen LogP contribution in [0.5, 0.6) is 0 Å². The maximum atomic E-state index is 12.7. The Morgan fingerprint density at radius 2 is 2.20 bits per heavy atom. The van der Waals surface area contributed by atoms with Crippen LogP contribution in [0.25, 0.3) is 0 Å². The lowest BCUT2D eigenvalue weighted by Crippen LogP contribution is -2.44. The molecule has 1 N–H and O–H groups in total. The molecule has 0 aromatic carbocycles. The summed E-state index contributed by atoms with van der Waals surface area (Å²) in [4.78, 5) is 0. The van der Waals surface area contributed by atoms with Gasteiger partial charge in [-0.3, -0.25) is 4.68 Å². The molecule has 0 aliphatic heterocycles. The Morgan fingerprint density at radius 1 is 1.60 bits per heavy atom. The number of hydrogen-bond donors (Lipinski definition) is 1. The number of nitrogens with zero attached hydrogens (tertiary/aromatic N) is 2. The van der Waals surface area contributed by atoms with Crippen LogP contribution in [0.3, 0.4) is 0 Å². The summed E-state index contributed by atoms with van der Waals surface area (Å²) in [6, 6.07) is 1.14. The van der Waals surface area contributed by atoms with E-state index in [9.17, 15) is 13.2 Å². The van der Waals surface area contributed by atoms with Gasteiger partial charge >= 0.3 is 6.18 Å². The van der Waals surface area contributed by atoms with E-state index in [-0.39, 0.29) is 5.69 Å². The molecule has 0 saturated carbocycles. The quantitative estimate of drug-likeness (QED) is 0.747. The maximum Gasteiger partial charge on any atom is 0.412 e. The number of aliphatic hydroxyl groups excluding tert-OH is 1. The van der Waals surface area contributed by atoms with E-state index in [4.69, 9.17) is 11.5 Å². The molecular formula is C9H9F3N2O. The molecule has 1 unspecified atom stereocenters. The Bertz CT molecular complexity index is 391. The summed E-state index contributed by atoms with van der Waals surface area (Å²) in [6.45, 7) is -1.22. The molecule has 1 aromatic rings. The van der Waals surface area contributed by atoms with Gasteiger partial charge in [0.15, 0.2) is 5.41 Å². The summed E-state index contributed by atoms with van der Waals surface area (Å²) in [5, 5.41) is 12.4. The molecule has 0 amide bonds. The number of hydrogen-bond acceptors (Lipinski definition) is 2. The van der Waals surface area contributed by atoms with E-state index >= 15 is 0 Å². The van der Waals surface area contributed by atoms with Gasteiger partial charge in [-0.05, 0) is 6.07 Å². The zero-order valence-corrected chi connectivity index (χ0v) is 7.91. The van der Waals surface area contributed by atoms with Gasteiger partial charge in [0.2, 0.25) is 0 Å². The number of alkyl halides is 3. The van der Waals surface area contributed by atoms with Crippen molar-refractivity contribution in [3.63, 3.8) is 0 Å². The topological polar surface area (TPSA) is 38.0 Å². The SMILES string of the molecule is C#CC(CO)(c1ccn(C)n1)C(F)(F)F. The van der Waals surface area contributed by atoms with E-state index < -0.39 is 18.2 Å². The summed E-state index contributed by atoms with van der Waals surface area (Å²) in [5.74, 6) is 1.58. The summed E-state index contributed by atoms with van der Waals surface area (Å²) >= 11 is 0. The van der Waals surface area contributed by atoms with Crippen molar-refractivity contribution in [1.29, 1.82) is 0 Å². The zero-order chi connectivity index (χ0) is 11.7. The maximum absolute atomic E-state index is 12.7. The molecule has 6 heteroatoms. The van der Waals surface area contributed by atoms with Gasteiger partial charge in [-0.25, -0.2) is 0 Å². The Labute approximate surface area is 84.5 Å². The van der Waals surface area contributed by atoms with Crippen LogP contribution >= 0.6 is 0 Å². The molecule has 0 saturated heterocycles. The highest BCUT2D eigenvalue weighted by atomic mass is 19.4. The zero-order valence-electron chi connectivity index (χ0n) is 7.91. The van der Waals surface area contributed by atoms with Crippen molar-refractivity contribution in [3.05, 3.63) is 18.0 Å². The Hall–Kier alpha value is -1.48. The molecular weight excluding hydrogens is 209 g/mol. The van der Waals surface area contributed by atoms with E-state index in [0.29, 0.717) is 0 Å². The number of rotatable bonds is 2. The summed E-state index contributed by atoms with van der Waals surface area (Å²) in [6.07, 6.45) is 1.47. The minimum absolute atomic E-state index is 0.373. The minimum Gasteiger partial charge on any atom is -0.394 e. The van der Waals surface area contributed by atoms with E-state index in [1.165, 1.54) is 17.9 Å². The van der Waals surface area contributed by atoms with E-state index in [1.807, 2.05) is 0 Å². The first-order chi connectivity index (χ1) is 6.87. The molecule has 82 valence electrons. The lowest BCUT2D eigenvalue weighted by molar-refractivity contribution is -0.183. The van der Waals surface area contributed by atoms with Gasteiger partial charge in [-0.2, -0.15) is 18.3 Å². The number of aliphatic hydroxyl groups is 1. The van der Waals surface area contributed by atoms with Crippen LogP contribution < -0.4 is 0 Å². The first kappa shape index (κ1) is 11.6. The molecule has 1 heterocycles. The first-order valence-corrected chi connectivity index (χ1v) is 4.03. The molecule has 3 nitrogen and oxygen atoms in total. The van der Waals surface area contributed by atoms with Crippen LogP contribution in [0.1, 0.15) is 5.69 Å². The number of halogens is 3. The fourth-order valence-corrected chi connectivity index (χ4v) is 1.16. The van der Waals surface area contributed by atoms with Crippen LogP contribution in [-0.2, 0) is 12.5 Å².